The minimum Gasteiger partial charge on any atom is -0.496 e. The van der Waals surface area contributed by atoms with Crippen molar-refractivity contribution in [2.24, 2.45) is 0 Å². The largest absolute Gasteiger partial charge is 0.496 e. The highest BCUT2D eigenvalue weighted by molar-refractivity contribution is 5.87. The number of ether oxygens (including phenoxy) is 2. The third-order valence-electron chi connectivity index (χ3n) is 2.23. The van der Waals surface area contributed by atoms with Crippen LogP contribution in [0.5, 0.6) is 5.75 Å². The van der Waals surface area contributed by atoms with E-state index in [1.807, 2.05) is 25.1 Å². The lowest BCUT2D eigenvalue weighted by Gasteiger charge is -2.06. The molecule has 0 radical (unpaired) electrons. The zero-order chi connectivity index (χ0) is 12.0. The van der Waals surface area contributed by atoms with E-state index in [-0.39, 0.29) is 5.97 Å². The molecule has 0 aliphatic heterocycles. The van der Waals surface area contributed by atoms with Crippen molar-refractivity contribution < 1.29 is 14.3 Å². The Hall–Kier alpha value is -1.77. The third kappa shape index (κ3) is 3.12. The molecule has 0 aliphatic carbocycles. The molecule has 1 aromatic carbocycles. The monoisotopic (exact) mass is 220 g/mol. The Balaban J connectivity index is 2.85. The topological polar surface area (TPSA) is 35.5 Å². The van der Waals surface area contributed by atoms with Gasteiger partial charge in [-0.15, -0.1) is 0 Å². The van der Waals surface area contributed by atoms with Gasteiger partial charge in [0.1, 0.15) is 5.75 Å². The first kappa shape index (κ1) is 12.3. The second-order valence-corrected chi connectivity index (χ2v) is 3.26. The van der Waals surface area contributed by atoms with Gasteiger partial charge in [-0.3, -0.25) is 0 Å². The molecule has 3 nitrogen and oxygen atoms in total. The van der Waals surface area contributed by atoms with Crippen LogP contribution in [0.25, 0.3) is 6.08 Å². The molecule has 0 N–H and O–H groups in total. The number of benzene rings is 1. The molecule has 0 heterocycles. The summed E-state index contributed by atoms with van der Waals surface area (Å²) in [5.74, 6) is 0.482. The molecule has 0 saturated carbocycles. The normalized spacial score (nSPS) is 10.4. The fourth-order valence-corrected chi connectivity index (χ4v) is 1.38. The lowest BCUT2D eigenvalue weighted by molar-refractivity contribution is -0.137. The van der Waals surface area contributed by atoms with Gasteiger partial charge in [0.05, 0.1) is 13.7 Å². The highest BCUT2D eigenvalue weighted by Crippen LogP contribution is 2.21. The summed E-state index contributed by atoms with van der Waals surface area (Å²) < 4.78 is 9.99. The van der Waals surface area contributed by atoms with Gasteiger partial charge in [0.2, 0.25) is 0 Å². The van der Waals surface area contributed by atoms with E-state index >= 15 is 0 Å². The zero-order valence-electron chi connectivity index (χ0n) is 9.82. The van der Waals surface area contributed by atoms with Crippen molar-refractivity contribution in [3.63, 3.8) is 0 Å². The second kappa shape index (κ2) is 5.95. The van der Waals surface area contributed by atoms with Crippen molar-refractivity contribution in [3.05, 3.63) is 35.4 Å². The van der Waals surface area contributed by atoms with Crippen LogP contribution >= 0.6 is 0 Å². The Morgan fingerprint density at radius 2 is 2.19 bits per heavy atom. The Morgan fingerprint density at radius 1 is 1.44 bits per heavy atom. The van der Waals surface area contributed by atoms with E-state index in [1.165, 1.54) is 6.08 Å². The number of carbonyl (C=O) groups excluding carboxylic acids is 1. The summed E-state index contributed by atoms with van der Waals surface area (Å²) >= 11 is 0. The molecule has 16 heavy (non-hydrogen) atoms. The predicted octanol–water partition coefficient (Wildman–Crippen LogP) is 2.58. The number of hydrogen-bond donors (Lipinski definition) is 0. The van der Waals surface area contributed by atoms with Crippen LogP contribution < -0.4 is 4.74 Å². The van der Waals surface area contributed by atoms with Gasteiger partial charge in [-0.05, 0) is 37.1 Å². The zero-order valence-corrected chi connectivity index (χ0v) is 9.82. The van der Waals surface area contributed by atoms with Crippen LogP contribution in [-0.2, 0) is 9.53 Å². The second-order valence-electron chi connectivity index (χ2n) is 3.26. The maximum Gasteiger partial charge on any atom is 0.330 e. The number of hydrogen-bond acceptors (Lipinski definition) is 3. The molecule has 0 atom stereocenters. The van der Waals surface area contributed by atoms with E-state index < -0.39 is 0 Å². The van der Waals surface area contributed by atoms with Crippen LogP contribution in [-0.4, -0.2) is 19.7 Å². The van der Waals surface area contributed by atoms with Crippen molar-refractivity contribution in [1.82, 2.24) is 0 Å². The predicted molar refractivity (Wildman–Crippen MR) is 63.4 cm³/mol. The van der Waals surface area contributed by atoms with Gasteiger partial charge < -0.3 is 9.47 Å². The SMILES string of the molecule is CCOC(=O)C=Cc1cccc(OC)c1C. The Kier molecular flexibility index (Phi) is 4.58. The van der Waals surface area contributed by atoms with E-state index in [0.717, 1.165) is 16.9 Å². The van der Waals surface area contributed by atoms with E-state index in [1.54, 1.807) is 20.1 Å². The van der Waals surface area contributed by atoms with Gasteiger partial charge in [-0.25, -0.2) is 4.79 Å². The minimum absolute atomic E-state index is 0.329. The number of carbonyl (C=O) groups is 1. The van der Waals surface area contributed by atoms with Gasteiger partial charge in [-0.1, -0.05) is 12.1 Å². The van der Waals surface area contributed by atoms with E-state index in [0.29, 0.717) is 6.61 Å². The van der Waals surface area contributed by atoms with Crippen LogP contribution in [0.4, 0.5) is 0 Å². The third-order valence-corrected chi connectivity index (χ3v) is 2.23. The smallest absolute Gasteiger partial charge is 0.330 e. The standard InChI is InChI=1S/C13H16O3/c1-4-16-13(14)9-8-11-6-5-7-12(15-3)10(11)2/h5-9H,4H2,1-3H3. The highest BCUT2D eigenvalue weighted by atomic mass is 16.5. The van der Waals surface area contributed by atoms with E-state index in [4.69, 9.17) is 9.47 Å². The summed E-state index contributed by atoms with van der Waals surface area (Å²) in [5.41, 5.74) is 1.96. The average Bonchev–Trinajstić information content (AvgIpc) is 2.28. The Bertz CT molecular complexity index is 394. The van der Waals surface area contributed by atoms with Crippen molar-refractivity contribution >= 4 is 12.0 Å². The first-order valence-corrected chi connectivity index (χ1v) is 5.17. The summed E-state index contributed by atoms with van der Waals surface area (Å²) in [5, 5.41) is 0. The molecular weight excluding hydrogens is 204 g/mol. The first-order valence-electron chi connectivity index (χ1n) is 5.17. The van der Waals surface area contributed by atoms with Gasteiger partial charge in [0, 0.05) is 6.08 Å². The maximum absolute atomic E-state index is 11.1. The van der Waals surface area contributed by atoms with Crippen molar-refractivity contribution in [3.8, 4) is 5.75 Å². The maximum atomic E-state index is 11.1. The highest BCUT2D eigenvalue weighted by Gasteiger charge is 2.01. The number of methoxy groups -OCH3 is 1. The van der Waals surface area contributed by atoms with Crippen molar-refractivity contribution in [2.45, 2.75) is 13.8 Å². The quantitative estimate of drug-likeness (QED) is 0.578. The molecule has 0 aliphatic rings. The van der Waals surface area contributed by atoms with Crippen LogP contribution in [0.15, 0.2) is 24.3 Å². The summed E-state index contributed by atoms with van der Waals surface area (Å²) in [6.45, 7) is 4.12. The lowest BCUT2D eigenvalue weighted by atomic mass is 10.1. The van der Waals surface area contributed by atoms with Gasteiger partial charge in [0.25, 0.3) is 0 Å². The first-order chi connectivity index (χ1) is 7.69. The van der Waals surface area contributed by atoms with Gasteiger partial charge >= 0.3 is 5.97 Å². The van der Waals surface area contributed by atoms with Crippen LogP contribution in [0.1, 0.15) is 18.1 Å². The lowest BCUT2D eigenvalue weighted by Crippen LogP contribution is -1.98. The van der Waals surface area contributed by atoms with Crippen molar-refractivity contribution in [1.29, 1.82) is 0 Å². The molecule has 1 rings (SSSR count). The molecule has 3 heteroatoms. The van der Waals surface area contributed by atoms with Crippen molar-refractivity contribution in [2.75, 3.05) is 13.7 Å². The fraction of sp³-hybridized carbons (Fsp3) is 0.308. The summed E-state index contributed by atoms with van der Waals surface area (Å²) in [6, 6.07) is 5.70. The van der Waals surface area contributed by atoms with Crippen LogP contribution in [0, 0.1) is 6.92 Å². The number of rotatable bonds is 4. The molecule has 0 unspecified atom stereocenters. The Morgan fingerprint density at radius 3 is 2.81 bits per heavy atom. The fourth-order valence-electron chi connectivity index (χ4n) is 1.38. The molecule has 86 valence electrons. The molecule has 0 amide bonds. The molecular formula is C13H16O3. The van der Waals surface area contributed by atoms with E-state index in [2.05, 4.69) is 0 Å². The molecule has 0 bridgehead atoms. The minimum atomic E-state index is -0.329. The van der Waals surface area contributed by atoms with Gasteiger partial charge in [-0.2, -0.15) is 0 Å². The average molecular weight is 220 g/mol. The molecule has 0 spiro atoms. The summed E-state index contributed by atoms with van der Waals surface area (Å²) in [6.07, 6.45) is 3.15. The molecule has 0 aromatic heterocycles. The van der Waals surface area contributed by atoms with Gasteiger partial charge in [0.15, 0.2) is 0 Å². The van der Waals surface area contributed by atoms with Crippen LogP contribution in [0.3, 0.4) is 0 Å². The Labute approximate surface area is 95.7 Å². The molecule has 1 aromatic rings. The van der Waals surface area contributed by atoms with E-state index in [9.17, 15) is 4.79 Å². The van der Waals surface area contributed by atoms with Crippen LogP contribution in [0.2, 0.25) is 0 Å². The summed E-state index contributed by atoms with van der Waals surface area (Å²) in [7, 11) is 1.63. The number of esters is 1. The molecule has 0 saturated heterocycles. The summed E-state index contributed by atoms with van der Waals surface area (Å²) in [4.78, 5) is 11.1. The molecule has 0 fully saturated rings.